The van der Waals surface area contributed by atoms with Crippen molar-refractivity contribution in [1.82, 2.24) is 10.6 Å². The molecule has 3 N–H and O–H groups in total. The quantitative estimate of drug-likeness (QED) is 0.624. The second-order valence-electron chi connectivity index (χ2n) is 6.46. The summed E-state index contributed by atoms with van der Waals surface area (Å²) < 4.78 is 13.9. The van der Waals surface area contributed by atoms with Gasteiger partial charge in [-0.25, -0.2) is 9.18 Å². The van der Waals surface area contributed by atoms with Crippen LogP contribution in [0.25, 0.3) is 0 Å². The molecule has 0 fully saturated rings. The SMILES string of the molecule is CC(=O)N[C@H](Cc1ccccc1F)C(=O)N[C@H](Cc1cccc(C#N)c1)C(=O)O. The fourth-order valence-electron chi connectivity index (χ4n) is 2.81. The maximum Gasteiger partial charge on any atom is 0.326 e. The number of carboxylic acid groups (broad SMARTS) is 1. The number of halogens is 1. The number of amides is 2. The highest BCUT2D eigenvalue weighted by Gasteiger charge is 2.27. The van der Waals surface area contributed by atoms with Gasteiger partial charge in [0.1, 0.15) is 17.9 Å². The summed E-state index contributed by atoms with van der Waals surface area (Å²) in [4.78, 5) is 35.8. The van der Waals surface area contributed by atoms with Crippen LogP contribution >= 0.6 is 0 Å². The number of carbonyl (C=O) groups excluding carboxylic acids is 2. The van der Waals surface area contributed by atoms with E-state index in [0.29, 0.717) is 11.1 Å². The normalized spacial score (nSPS) is 12.3. The molecule has 2 aromatic rings. The molecule has 0 aliphatic rings. The monoisotopic (exact) mass is 397 g/mol. The maximum absolute atomic E-state index is 13.9. The average Bonchev–Trinajstić information content (AvgIpc) is 2.68. The number of nitriles is 1. The largest absolute Gasteiger partial charge is 0.480 e. The van der Waals surface area contributed by atoms with Crippen LogP contribution in [0.1, 0.15) is 23.6 Å². The van der Waals surface area contributed by atoms with Crippen molar-refractivity contribution in [2.45, 2.75) is 31.8 Å². The van der Waals surface area contributed by atoms with Crippen LogP contribution in [-0.2, 0) is 27.2 Å². The second-order valence-corrected chi connectivity index (χ2v) is 6.46. The number of benzene rings is 2. The van der Waals surface area contributed by atoms with E-state index in [1.807, 2.05) is 6.07 Å². The van der Waals surface area contributed by atoms with Gasteiger partial charge in [-0.05, 0) is 29.3 Å². The van der Waals surface area contributed by atoms with Gasteiger partial charge in [0.25, 0.3) is 0 Å². The van der Waals surface area contributed by atoms with Crippen LogP contribution in [0.5, 0.6) is 0 Å². The minimum absolute atomic E-state index is 0.0525. The smallest absolute Gasteiger partial charge is 0.326 e. The molecule has 8 heteroatoms. The third kappa shape index (κ3) is 6.43. The molecule has 0 aliphatic carbocycles. The number of aliphatic carboxylic acids is 1. The summed E-state index contributed by atoms with van der Waals surface area (Å²) in [6.07, 6.45) is -0.183. The first-order valence-electron chi connectivity index (χ1n) is 8.83. The van der Waals surface area contributed by atoms with Crippen LogP contribution in [0.3, 0.4) is 0 Å². The van der Waals surface area contributed by atoms with E-state index in [0.717, 1.165) is 0 Å². The van der Waals surface area contributed by atoms with E-state index in [-0.39, 0.29) is 18.4 Å². The Labute approximate surface area is 167 Å². The van der Waals surface area contributed by atoms with Crippen molar-refractivity contribution in [3.05, 3.63) is 71.0 Å². The molecular weight excluding hydrogens is 377 g/mol. The first kappa shape index (κ1) is 21.6. The Balaban J connectivity index is 2.17. The molecule has 2 amide bonds. The molecule has 150 valence electrons. The Bertz CT molecular complexity index is 955. The first-order chi connectivity index (χ1) is 13.8. The van der Waals surface area contributed by atoms with Crippen molar-refractivity contribution in [2.24, 2.45) is 0 Å². The zero-order chi connectivity index (χ0) is 21.4. The van der Waals surface area contributed by atoms with Crippen molar-refractivity contribution in [2.75, 3.05) is 0 Å². The number of hydrogen-bond acceptors (Lipinski definition) is 4. The number of carbonyl (C=O) groups is 3. The molecule has 29 heavy (non-hydrogen) atoms. The topological polar surface area (TPSA) is 119 Å². The van der Waals surface area contributed by atoms with Crippen LogP contribution in [-0.4, -0.2) is 35.0 Å². The second kappa shape index (κ2) is 9.99. The lowest BCUT2D eigenvalue weighted by Gasteiger charge is -2.21. The fourth-order valence-corrected chi connectivity index (χ4v) is 2.81. The van der Waals surface area contributed by atoms with E-state index in [4.69, 9.17) is 5.26 Å². The standard InChI is InChI=1S/C21H20FN3O4/c1-13(26)24-18(11-16-7-2-3-8-17(16)22)20(27)25-19(21(28)29)10-14-5-4-6-15(9-14)12-23/h2-9,18-19H,10-11H2,1H3,(H,24,26)(H,25,27)(H,28,29)/t18-,19-/m1/s1. The third-order valence-corrected chi connectivity index (χ3v) is 4.19. The molecule has 0 spiro atoms. The Kier molecular flexibility index (Phi) is 7.43. The molecule has 7 nitrogen and oxygen atoms in total. The van der Waals surface area contributed by atoms with E-state index >= 15 is 0 Å². The van der Waals surface area contributed by atoms with Crippen LogP contribution in [0, 0.1) is 17.1 Å². The maximum atomic E-state index is 13.9. The van der Waals surface area contributed by atoms with Crippen molar-refractivity contribution in [1.29, 1.82) is 5.26 Å². The number of hydrogen-bond donors (Lipinski definition) is 3. The lowest BCUT2D eigenvalue weighted by molar-refractivity contribution is -0.142. The number of rotatable bonds is 8. The first-order valence-corrected chi connectivity index (χ1v) is 8.83. The van der Waals surface area contributed by atoms with E-state index in [9.17, 15) is 23.9 Å². The van der Waals surface area contributed by atoms with Crippen molar-refractivity contribution in [3.8, 4) is 6.07 Å². The lowest BCUT2D eigenvalue weighted by atomic mass is 10.0. The molecule has 0 heterocycles. The van der Waals surface area contributed by atoms with Crippen LogP contribution < -0.4 is 10.6 Å². The molecule has 0 saturated carbocycles. The Morgan fingerprint density at radius 3 is 2.41 bits per heavy atom. The van der Waals surface area contributed by atoms with Gasteiger partial charge in [-0.1, -0.05) is 30.3 Å². The summed E-state index contributed by atoms with van der Waals surface area (Å²) in [6, 6.07) is 11.7. The molecule has 0 radical (unpaired) electrons. The van der Waals surface area contributed by atoms with Crippen molar-refractivity contribution < 1.29 is 23.9 Å². The van der Waals surface area contributed by atoms with Gasteiger partial charge < -0.3 is 15.7 Å². The summed E-state index contributed by atoms with van der Waals surface area (Å²) in [5.74, 6) is -3.05. The molecule has 2 atom stereocenters. The molecule has 2 rings (SSSR count). The number of nitrogens with one attached hydrogen (secondary N) is 2. The Hall–Kier alpha value is -3.73. The predicted molar refractivity (Wildman–Crippen MR) is 102 cm³/mol. The van der Waals surface area contributed by atoms with Gasteiger partial charge in [0.2, 0.25) is 11.8 Å². The zero-order valence-electron chi connectivity index (χ0n) is 15.7. The molecule has 0 unspecified atom stereocenters. The Morgan fingerprint density at radius 1 is 1.07 bits per heavy atom. The molecule has 0 saturated heterocycles. The highest BCUT2D eigenvalue weighted by molar-refractivity contribution is 5.90. The highest BCUT2D eigenvalue weighted by atomic mass is 19.1. The minimum atomic E-state index is -1.28. The molecular formula is C21H20FN3O4. The van der Waals surface area contributed by atoms with Gasteiger partial charge in [0, 0.05) is 19.8 Å². The van der Waals surface area contributed by atoms with Gasteiger partial charge in [0.15, 0.2) is 0 Å². The lowest BCUT2D eigenvalue weighted by Crippen LogP contribution is -2.52. The van der Waals surface area contributed by atoms with E-state index < -0.39 is 35.7 Å². The summed E-state index contributed by atoms with van der Waals surface area (Å²) in [5, 5.41) is 23.3. The van der Waals surface area contributed by atoms with E-state index in [1.54, 1.807) is 24.3 Å². The molecule has 0 bridgehead atoms. The summed E-state index contributed by atoms with van der Waals surface area (Å²) in [5.41, 5.74) is 1.14. The Morgan fingerprint density at radius 2 is 1.79 bits per heavy atom. The highest BCUT2D eigenvalue weighted by Crippen LogP contribution is 2.11. The van der Waals surface area contributed by atoms with Gasteiger partial charge in [-0.2, -0.15) is 5.26 Å². The summed E-state index contributed by atoms with van der Waals surface area (Å²) >= 11 is 0. The van der Waals surface area contributed by atoms with E-state index in [2.05, 4.69) is 10.6 Å². The predicted octanol–water partition coefficient (Wildman–Crippen LogP) is 1.56. The van der Waals surface area contributed by atoms with Crippen LogP contribution in [0.15, 0.2) is 48.5 Å². The van der Waals surface area contributed by atoms with Gasteiger partial charge in [-0.15, -0.1) is 0 Å². The third-order valence-electron chi connectivity index (χ3n) is 4.19. The van der Waals surface area contributed by atoms with Crippen molar-refractivity contribution in [3.63, 3.8) is 0 Å². The van der Waals surface area contributed by atoms with E-state index in [1.165, 1.54) is 31.2 Å². The van der Waals surface area contributed by atoms with Gasteiger partial charge >= 0.3 is 5.97 Å². The fraction of sp³-hybridized carbons (Fsp3) is 0.238. The number of carboxylic acids is 1. The van der Waals surface area contributed by atoms with Crippen molar-refractivity contribution >= 4 is 17.8 Å². The molecule has 2 aromatic carbocycles. The number of nitrogens with zero attached hydrogens (tertiary/aromatic N) is 1. The zero-order valence-corrected chi connectivity index (χ0v) is 15.7. The van der Waals surface area contributed by atoms with Crippen LogP contribution in [0.4, 0.5) is 4.39 Å². The molecule has 0 aromatic heterocycles. The van der Waals surface area contributed by atoms with Crippen LogP contribution in [0.2, 0.25) is 0 Å². The van der Waals surface area contributed by atoms with Gasteiger partial charge in [0.05, 0.1) is 11.6 Å². The molecule has 0 aliphatic heterocycles. The minimum Gasteiger partial charge on any atom is -0.480 e. The average molecular weight is 397 g/mol. The van der Waals surface area contributed by atoms with Gasteiger partial charge in [-0.3, -0.25) is 9.59 Å². The summed E-state index contributed by atoms with van der Waals surface area (Å²) in [7, 11) is 0. The summed E-state index contributed by atoms with van der Waals surface area (Å²) in [6.45, 7) is 1.21.